The largest absolute Gasteiger partial charge is 0.394 e. The summed E-state index contributed by atoms with van der Waals surface area (Å²) in [6.45, 7) is 0.245. The van der Waals surface area contributed by atoms with Crippen LogP contribution in [0.1, 0.15) is 32.1 Å². The molecule has 0 aliphatic heterocycles. The monoisotopic (exact) mass is 362 g/mol. The van der Waals surface area contributed by atoms with Crippen LogP contribution in [-0.2, 0) is 6.54 Å². The Hall–Kier alpha value is -2.05. The van der Waals surface area contributed by atoms with Crippen LogP contribution in [0.15, 0.2) is 30.3 Å². The van der Waals surface area contributed by atoms with Gasteiger partial charge in [0.25, 0.3) is 0 Å². The normalized spacial score (nSPS) is 15.1. The van der Waals surface area contributed by atoms with Crippen molar-refractivity contribution in [1.82, 2.24) is 15.1 Å². The minimum absolute atomic E-state index is 0.0599. The number of anilines is 1. The molecule has 0 unspecified atom stereocenters. The lowest BCUT2D eigenvalue weighted by molar-refractivity contribution is 0.243. The lowest BCUT2D eigenvalue weighted by Crippen LogP contribution is -2.39. The number of rotatable bonds is 5. The first-order chi connectivity index (χ1) is 12.2. The topological polar surface area (TPSA) is 79.2 Å². The van der Waals surface area contributed by atoms with E-state index in [1.165, 1.54) is 6.42 Å². The van der Waals surface area contributed by atoms with Crippen molar-refractivity contribution in [3.8, 4) is 11.3 Å². The van der Waals surface area contributed by atoms with E-state index in [1.807, 2.05) is 18.2 Å². The Labute approximate surface area is 152 Å². The molecule has 0 atom stereocenters. The second-order valence-electron chi connectivity index (χ2n) is 6.31. The Kier molecular flexibility index (Phi) is 5.94. The highest BCUT2D eigenvalue weighted by Crippen LogP contribution is 2.25. The van der Waals surface area contributed by atoms with Crippen molar-refractivity contribution in [1.29, 1.82) is 0 Å². The molecule has 1 aromatic heterocycles. The summed E-state index contributed by atoms with van der Waals surface area (Å²) in [5.41, 5.74) is 1.56. The first-order valence-electron chi connectivity index (χ1n) is 8.68. The SMILES string of the molecule is O=C(Nc1cc(-c2cccc(Cl)c2)nn1CCO)NC1CCCCC1. The van der Waals surface area contributed by atoms with Gasteiger partial charge in [-0.3, -0.25) is 5.32 Å². The molecule has 25 heavy (non-hydrogen) atoms. The molecule has 0 radical (unpaired) electrons. The Morgan fingerprint density at radius 3 is 2.80 bits per heavy atom. The summed E-state index contributed by atoms with van der Waals surface area (Å²) in [4.78, 5) is 12.3. The van der Waals surface area contributed by atoms with Crippen LogP contribution in [0, 0.1) is 0 Å². The highest BCUT2D eigenvalue weighted by atomic mass is 35.5. The van der Waals surface area contributed by atoms with Crippen molar-refractivity contribution < 1.29 is 9.90 Å². The minimum Gasteiger partial charge on any atom is -0.394 e. The maximum absolute atomic E-state index is 12.3. The van der Waals surface area contributed by atoms with Crippen molar-refractivity contribution in [3.63, 3.8) is 0 Å². The van der Waals surface area contributed by atoms with Gasteiger partial charge in [-0.05, 0) is 25.0 Å². The summed E-state index contributed by atoms with van der Waals surface area (Å²) in [6.07, 6.45) is 5.61. The summed E-state index contributed by atoms with van der Waals surface area (Å²) < 4.78 is 1.59. The van der Waals surface area contributed by atoms with E-state index in [-0.39, 0.29) is 18.7 Å². The molecule has 2 amide bonds. The third kappa shape index (κ3) is 4.74. The molecule has 6 nitrogen and oxygen atoms in total. The quantitative estimate of drug-likeness (QED) is 0.759. The number of halogens is 1. The van der Waals surface area contributed by atoms with Gasteiger partial charge in [0.05, 0.1) is 18.8 Å². The summed E-state index contributed by atoms with van der Waals surface area (Å²) in [6, 6.07) is 9.17. The molecule has 3 rings (SSSR count). The fraction of sp³-hybridized carbons (Fsp3) is 0.444. The zero-order valence-corrected chi connectivity index (χ0v) is 14.8. The third-order valence-corrected chi connectivity index (χ3v) is 4.63. The van der Waals surface area contributed by atoms with Gasteiger partial charge in [-0.25, -0.2) is 9.48 Å². The summed E-state index contributed by atoms with van der Waals surface area (Å²) in [5, 5.41) is 20.2. The molecule has 2 aromatic rings. The van der Waals surface area contributed by atoms with E-state index in [4.69, 9.17) is 11.6 Å². The highest BCUT2D eigenvalue weighted by Gasteiger charge is 2.17. The highest BCUT2D eigenvalue weighted by molar-refractivity contribution is 6.30. The Morgan fingerprint density at radius 1 is 1.28 bits per heavy atom. The van der Waals surface area contributed by atoms with Crippen LogP contribution in [0.25, 0.3) is 11.3 Å². The average molecular weight is 363 g/mol. The number of nitrogens with zero attached hydrogens (tertiary/aromatic N) is 2. The van der Waals surface area contributed by atoms with Gasteiger partial charge in [0.15, 0.2) is 0 Å². The van der Waals surface area contributed by atoms with Crippen LogP contribution in [0.5, 0.6) is 0 Å². The zero-order chi connectivity index (χ0) is 17.6. The van der Waals surface area contributed by atoms with Crippen LogP contribution >= 0.6 is 11.6 Å². The van der Waals surface area contributed by atoms with Gasteiger partial charge in [0.2, 0.25) is 0 Å². The minimum atomic E-state index is -0.233. The van der Waals surface area contributed by atoms with Crippen LogP contribution in [0.3, 0.4) is 0 Å². The number of hydrogen-bond acceptors (Lipinski definition) is 3. The van der Waals surface area contributed by atoms with Crippen molar-refractivity contribution in [3.05, 3.63) is 35.4 Å². The van der Waals surface area contributed by atoms with Crippen LogP contribution in [-0.4, -0.2) is 33.6 Å². The van der Waals surface area contributed by atoms with Gasteiger partial charge in [0, 0.05) is 22.7 Å². The number of amides is 2. The summed E-state index contributed by atoms with van der Waals surface area (Å²) in [7, 11) is 0. The predicted octanol–water partition coefficient (Wildman–Crippen LogP) is 3.65. The van der Waals surface area contributed by atoms with E-state index in [2.05, 4.69) is 15.7 Å². The number of benzene rings is 1. The molecule has 1 aliphatic rings. The van der Waals surface area contributed by atoms with Gasteiger partial charge < -0.3 is 10.4 Å². The van der Waals surface area contributed by atoms with Gasteiger partial charge >= 0.3 is 6.03 Å². The lowest BCUT2D eigenvalue weighted by Gasteiger charge is -2.22. The smallest absolute Gasteiger partial charge is 0.320 e. The Balaban J connectivity index is 1.74. The number of nitrogens with one attached hydrogen (secondary N) is 2. The molecule has 0 saturated heterocycles. The molecule has 134 valence electrons. The number of hydrogen-bond donors (Lipinski definition) is 3. The molecule has 7 heteroatoms. The standard InChI is InChI=1S/C18H23ClN4O2/c19-14-6-4-5-13(11-14)16-12-17(23(22-16)9-10-24)21-18(25)20-15-7-2-1-3-8-15/h4-6,11-12,15,24H,1-3,7-10H2,(H2,20,21,25). The number of carbonyl (C=O) groups is 1. The average Bonchev–Trinajstić information content (AvgIpc) is 2.99. The number of urea groups is 1. The van der Waals surface area contributed by atoms with Crippen molar-refractivity contribution >= 4 is 23.4 Å². The van der Waals surface area contributed by atoms with E-state index in [0.29, 0.717) is 23.1 Å². The lowest BCUT2D eigenvalue weighted by atomic mass is 9.96. The molecule has 1 fully saturated rings. The van der Waals surface area contributed by atoms with Crippen LogP contribution in [0.4, 0.5) is 10.6 Å². The maximum Gasteiger partial charge on any atom is 0.320 e. The van der Waals surface area contributed by atoms with Gasteiger partial charge in [-0.2, -0.15) is 5.10 Å². The Bertz CT molecular complexity index is 726. The van der Waals surface area contributed by atoms with E-state index < -0.39 is 0 Å². The molecular weight excluding hydrogens is 340 g/mol. The molecule has 0 bridgehead atoms. The fourth-order valence-corrected chi connectivity index (χ4v) is 3.35. The van der Waals surface area contributed by atoms with Crippen LogP contribution in [0.2, 0.25) is 5.02 Å². The van der Waals surface area contributed by atoms with Crippen LogP contribution < -0.4 is 10.6 Å². The summed E-state index contributed by atoms with van der Waals surface area (Å²) >= 11 is 6.04. The molecular formula is C18H23ClN4O2. The number of aromatic nitrogens is 2. The first-order valence-corrected chi connectivity index (χ1v) is 9.05. The van der Waals surface area contributed by atoms with Gasteiger partial charge in [-0.1, -0.05) is 43.0 Å². The van der Waals surface area contributed by atoms with E-state index >= 15 is 0 Å². The van der Waals surface area contributed by atoms with Gasteiger partial charge in [-0.15, -0.1) is 0 Å². The van der Waals surface area contributed by atoms with E-state index in [9.17, 15) is 9.90 Å². The first kappa shape index (κ1) is 17.8. The molecule has 3 N–H and O–H groups in total. The Morgan fingerprint density at radius 2 is 2.08 bits per heavy atom. The maximum atomic E-state index is 12.3. The second-order valence-corrected chi connectivity index (χ2v) is 6.74. The predicted molar refractivity (Wildman–Crippen MR) is 98.8 cm³/mol. The number of aliphatic hydroxyl groups is 1. The number of carbonyl (C=O) groups excluding carboxylic acids is 1. The van der Waals surface area contributed by atoms with Crippen molar-refractivity contribution in [2.24, 2.45) is 0 Å². The molecule has 1 aliphatic carbocycles. The van der Waals surface area contributed by atoms with E-state index in [0.717, 1.165) is 31.2 Å². The third-order valence-electron chi connectivity index (χ3n) is 4.39. The number of aliphatic hydroxyl groups excluding tert-OH is 1. The molecule has 0 spiro atoms. The van der Waals surface area contributed by atoms with Gasteiger partial charge in [0.1, 0.15) is 5.82 Å². The van der Waals surface area contributed by atoms with Crippen molar-refractivity contribution in [2.75, 3.05) is 11.9 Å². The molecule has 1 aromatic carbocycles. The second kappa shape index (κ2) is 8.36. The summed E-state index contributed by atoms with van der Waals surface area (Å²) in [5.74, 6) is 0.553. The zero-order valence-electron chi connectivity index (χ0n) is 14.0. The fourth-order valence-electron chi connectivity index (χ4n) is 3.16. The van der Waals surface area contributed by atoms with Crippen molar-refractivity contribution in [2.45, 2.75) is 44.7 Å². The van der Waals surface area contributed by atoms with E-state index in [1.54, 1.807) is 16.8 Å². The molecule has 1 heterocycles. The molecule has 1 saturated carbocycles.